The molecule has 0 spiro atoms. The Labute approximate surface area is 187 Å². The zero-order valence-corrected chi connectivity index (χ0v) is 18.5. The van der Waals surface area contributed by atoms with E-state index in [0.29, 0.717) is 11.1 Å². The summed E-state index contributed by atoms with van der Waals surface area (Å²) in [5, 5.41) is 0. The topological polar surface area (TPSA) is 46.6 Å². The van der Waals surface area contributed by atoms with Crippen LogP contribution in [0.25, 0.3) is 6.08 Å². The maximum absolute atomic E-state index is 13.0. The molecule has 0 atom stereocenters. The molecule has 1 saturated heterocycles. The minimum Gasteiger partial charge on any atom is -0.456 e. The number of thioether (sulfide) groups is 1. The molecule has 1 aliphatic rings. The molecular formula is C22H18F3NO3S2. The molecule has 0 aliphatic carbocycles. The highest BCUT2D eigenvalue weighted by Gasteiger charge is 2.36. The molecule has 0 aromatic heterocycles. The van der Waals surface area contributed by atoms with Crippen molar-refractivity contribution in [2.75, 3.05) is 4.90 Å². The second-order valence-corrected chi connectivity index (χ2v) is 9.36. The summed E-state index contributed by atoms with van der Waals surface area (Å²) in [6, 6.07) is 10.9. The van der Waals surface area contributed by atoms with Crippen molar-refractivity contribution in [3.8, 4) is 0 Å². The van der Waals surface area contributed by atoms with E-state index in [-0.39, 0.29) is 14.9 Å². The molecule has 4 nitrogen and oxygen atoms in total. The lowest BCUT2D eigenvalue weighted by atomic mass is 10.1. The fourth-order valence-corrected chi connectivity index (χ4v) is 4.01. The smallest absolute Gasteiger partial charge is 0.416 e. The summed E-state index contributed by atoms with van der Waals surface area (Å²) in [5.74, 6) is -0.972. The van der Waals surface area contributed by atoms with Gasteiger partial charge in [0.05, 0.1) is 21.7 Å². The Morgan fingerprint density at radius 3 is 2.32 bits per heavy atom. The molecule has 1 aliphatic heterocycles. The Morgan fingerprint density at radius 1 is 1.10 bits per heavy atom. The zero-order valence-electron chi connectivity index (χ0n) is 16.8. The average molecular weight is 466 g/mol. The number of benzene rings is 2. The van der Waals surface area contributed by atoms with Crippen LogP contribution in [0.15, 0.2) is 53.4 Å². The minimum atomic E-state index is -4.53. The monoisotopic (exact) mass is 465 g/mol. The van der Waals surface area contributed by atoms with Gasteiger partial charge in [-0.2, -0.15) is 13.2 Å². The summed E-state index contributed by atoms with van der Waals surface area (Å²) in [4.78, 5) is 26.3. The molecule has 3 rings (SSSR count). The molecule has 1 fully saturated rings. The fraction of sp³-hybridized carbons (Fsp3) is 0.227. The maximum Gasteiger partial charge on any atom is 0.416 e. The number of thiocarbonyl (C=S) groups is 1. The molecule has 0 unspecified atom stereocenters. The standard InChI is InChI=1S/C22H18F3NO3S2/c1-21(2,3)29-19(28)14-9-7-13(8-10-14)11-17-18(27)26(20(30)31-17)16-6-4-5-15(12-16)22(23,24)25/h4-12H,1-3H3/b17-11-. The van der Waals surface area contributed by atoms with Crippen molar-refractivity contribution >= 4 is 51.9 Å². The molecule has 9 heteroatoms. The van der Waals surface area contributed by atoms with E-state index in [1.807, 2.05) is 0 Å². The van der Waals surface area contributed by atoms with Crippen LogP contribution in [-0.2, 0) is 15.7 Å². The van der Waals surface area contributed by atoms with Gasteiger partial charge in [0.25, 0.3) is 5.91 Å². The number of hydrogen-bond donors (Lipinski definition) is 0. The molecule has 0 N–H and O–H groups in total. The number of nitrogens with zero attached hydrogens (tertiary/aromatic N) is 1. The quantitative estimate of drug-likeness (QED) is 0.313. The number of anilines is 1. The van der Waals surface area contributed by atoms with Gasteiger partial charge in [0.1, 0.15) is 5.60 Å². The number of alkyl halides is 3. The molecule has 0 bridgehead atoms. The lowest BCUT2D eigenvalue weighted by molar-refractivity contribution is -0.137. The van der Waals surface area contributed by atoms with Gasteiger partial charge < -0.3 is 4.74 Å². The fourth-order valence-electron chi connectivity index (χ4n) is 2.72. The van der Waals surface area contributed by atoms with Gasteiger partial charge in [0.15, 0.2) is 4.32 Å². The Balaban J connectivity index is 1.82. The van der Waals surface area contributed by atoms with Gasteiger partial charge in [0, 0.05) is 0 Å². The van der Waals surface area contributed by atoms with Crippen LogP contribution in [0.5, 0.6) is 0 Å². The van der Waals surface area contributed by atoms with Gasteiger partial charge >= 0.3 is 12.1 Å². The van der Waals surface area contributed by atoms with Crippen LogP contribution in [0.1, 0.15) is 42.3 Å². The highest BCUT2D eigenvalue weighted by Crippen LogP contribution is 2.38. The number of ether oxygens (including phenoxy) is 1. The van der Waals surface area contributed by atoms with Crippen LogP contribution in [0.2, 0.25) is 0 Å². The summed E-state index contributed by atoms with van der Waals surface area (Å²) in [6.45, 7) is 5.31. The predicted octanol–water partition coefficient (Wildman–Crippen LogP) is 6.07. The molecule has 2 aromatic carbocycles. The van der Waals surface area contributed by atoms with Crippen molar-refractivity contribution in [3.05, 3.63) is 70.1 Å². The largest absolute Gasteiger partial charge is 0.456 e. The third-order valence-electron chi connectivity index (χ3n) is 4.07. The van der Waals surface area contributed by atoms with Gasteiger partial charge in [-0.15, -0.1) is 0 Å². The second-order valence-electron chi connectivity index (χ2n) is 7.69. The molecule has 31 heavy (non-hydrogen) atoms. The zero-order chi connectivity index (χ0) is 23.0. The third-order valence-corrected chi connectivity index (χ3v) is 5.37. The van der Waals surface area contributed by atoms with Crippen molar-refractivity contribution in [3.63, 3.8) is 0 Å². The summed E-state index contributed by atoms with van der Waals surface area (Å²) < 4.78 is 44.5. The summed E-state index contributed by atoms with van der Waals surface area (Å²) in [6.07, 6.45) is -2.95. The molecule has 1 heterocycles. The average Bonchev–Trinajstić information content (AvgIpc) is 2.93. The van der Waals surface area contributed by atoms with Crippen LogP contribution >= 0.6 is 24.0 Å². The number of esters is 1. The lowest BCUT2D eigenvalue weighted by Crippen LogP contribution is -2.27. The first-order valence-electron chi connectivity index (χ1n) is 9.14. The van der Waals surface area contributed by atoms with E-state index in [0.717, 1.165) is 28.8 Å². The molecule has 162 valence electrons. The number of hydrogen-bond acceptors (Lipinski definition) is 5. The lowest BCUT2D eigenvalue weighted by Gasteiger charge is -2.19. The number of amides is 1. The van der Waals surface area contributed by atoms with Gasteiger partial charge in [-0.25, -0.2) is 4.79 Å². The van der Waals surface area contributed by atoms with Crippen molar-refractivity contribution < 1.29 is 27.5 Å². The first kappa shape index (κ1) is 23.0. The van der Waals surface area contributed by atoms with E-state index >= 15 is 0 Å². The van der Waals surface area contributed by atoms with E-state index in [2.05, 4.69) is 0 Å². The number of halogens is 3. The van der Waals surface area contributed by atoms with Crippen LogP contribution in [0.3, 0.4) is 0 Å². The van der Waals surface area contributed by atoms with Gasteiger partial charge in [-0.05, 0) is 62.7 Å². The number of carbonyl (C=O) groups excluding carboxylic acids is 2. The van der Waals surface area contributed by atoms with Gasteiger partial charge in [-0.1, -0.05) is 42.2 Å². The normalized spacial score (nSPS) is 16.2. The highest BCUT2D eigenvalue weighted by molar-refractivity contribution is 8.27. The van der Waals surface area contributed by atoms with Crippen LogP contribution in [-0.4, -0.2) is 21.8 Å². The van der Waals surface area contributed by atoms with Gasteiger partial charge in [0.2, 0.25) is 0 Å². The first-order valence-corrected chi connectivity index (χ1v) is 10.4. The van der Waals surface area contributed by atoms with Crippen molar-refractivity contribution in [2.45, 2.75) is 32.5 Å². The SMILES string of the molecule is CC(C)(C)OC(=O)c1ccc(/C=C2\SC(=S)N(c3cccc(C(F)(F)F)c3)C2=O)cc1. The predicted molar refractivity (Wildman–Crippen MR) is 119 cm³/mol. The molecule has 0 radical (unpaired) electrons. The van der Waals surface area contributed by atoms with E-state index in [9.17, 15) is 22.8 Å². The van der Waals surface area contributed by atoms with E-state index in [1.54, 1.807) is 51.1 Å². The Bertz CT molecular complexity index is 1070. The maximum atomic E-state index is 13.0. The molecule has 0 saturated carbocycles. The number of rotatable bonds is 3. The highest BCUT2D eigenvalue weighted by atomic mass is 32.2. The summed E-state index contributed by atoms with van der Waals surface area (Å²) in [7, 11) is 0. The summed E-state index contributed by atoms with van der Waals surface area (Å²) in [5.41, 5.74) is -0.421. The molecular weight excluding hydrogens is 447 g/mol. The Hall–Kier alpha value is -2.65. The van der Waals surface area contributed by atoms with Crippen LogP contribution in [0.4, 0.5) is 18.9 Å². The van der Waals surface area contributed by atoms with E-state index < -0.39 is 29.2 Å². The third kappa shape index (κ3) is 5.54. The Kier molecular flexibility index (Phi) is 6.29. The van der Waals surface area contributed by atoms with Crippen molar-refractivity contribution in [2.24, 2.45) is 0 Å². The van der Waals surface area contributed by atoms with Crippen molar-refractivity contribution in [1.29, 1.82) is 0 Å². The number of carbonyl (C=O) groups is 2. The first-order chi connectivity index (χ1) is 14.3. The summed E-state index contributed by atoms with van der Waals surface area (Å²) >= 11 is 6.22. The van der Waals surface area contributed by atoms with E-state index in [4.69, 9.17) is 17.0 Å². The van der Waals surface area contributed by atoms with Crippen LogP contribution < -0.4 is 4.90 Å². The van der Waals surface area contributed by atoms with Gasteiger partial charge in [-0.3, -0.25) is 9.69 Å². The second kappa shape index (κ2) is 8.47. The van der Waals surface area contributed by atoms with Crippen LogP contribution in [0, 0.1) is 0 Å². The van der Waals surface area contributed by atoms with Crippen molar-refractivity contribution in [1.82, 2.24) is 0 Å². The minimum absolute atomic E-state index is 0.0565. The van der Waals surface area contributed by atoms with E-state index in [1.165, 1.54) is 12.1 Å². The Morgan fingerprint density at radius 2 is 1.74 bits per heavy atom. The molecule has 2 aromatic rings. The molecule has 1 amide bonds.